The molecule has 6 heteroatoms. The molecular weight excluding hydrogens is 329 g/mol. The van der Waals surface area contributed by atoms with Crippen molar-refractivity contribution in [3.05, 3.63) is 51.4 Å². The molecule has 104 valence electrons. The average Bonchev–Trinajstić information content (AvgIpc) is 2.32. The first kappa shape index (κ1) is 14.5. The van der Waals surface area contributed by atoms with Crippen LogP contribution >= 0.6 is 15.9 Å². The predicted octanol–water partition coefficient (Wildman–Crippen LogP) is 4.09. The zero-order chi connectivity index (χ0) is 14.9. The molecule has 1 aromatic carbocycles. The molecule has 20 heavy (non-hydrogen) atoms. The quantitative estimate of drug-likeness (QED) is 0.914. The molecule has 0 saturated carbocycles. The van der Waals surface area contributed by atoms with E-state index in [1.165, 1.54) is 12.1 Å². The van der Waals surface area contributed by atoms with E-state index < -0.39 is 11.8 Å². The lowest BCUT2D eigenvalue weighted by Crippen LogP contribution is -2.06. The normalized spacial score (nSPS) is 10.4. The zero-order valence-electron chi connectivity index (χ0n) is 10.8. The number of halogens is 2. The second-order valence-corrected chi connectivity index (χ2v) is 5.10. The van der Waals surface area contributed by atoms with Crippen LogP contribution in [0.5, 0.6) is 11.6 Å². The Morgan fingerprint density at radius 3 is 2.65 bits per heavy atom. The molecule has 0 amide bonds. The number of hydrogen-bond acceptors (Lipinski definition) is 3. The van der Waals surface area contributed by atoms with E-state index in [0.717, 1.165) is 6.07 Å². The minimum Gasteiger partial charge on any atom is -0.477 e. The number of hydrogen-bond donors (Lipinski definition) is 1. The van der Waals surface area contributed by atoms with E-state index in [-0.39, 0.29) is 17.2 Å². The Morgan fingerprint density at radius 2 is 2.05 bits per heavy atom. The van der Waals surface area contributed by atoms with Crippen molar-refractivity contribution < 1.29 is 19.0 Å². The molecule has 0 aliphatic heterocycles. The number of carbonyl (C=O) groups is 1. The van der Waals surface area contributed by atoms with Crippen LogP contribution in [0.4, 0.5) is 4.39 Å². The summed E-state index contributed by atoms with van der Waals surface area (Å²) in [4.78, 5) is 15.3. The summed E-state index contributed by atoms with van der Waals surface area (Å²) in [6.45, 7) is 3.39. The topological polar surface area (TPSA) is 59.4 Å². The molecule has 2 aromatic rings. The summed E-state index contributed by atoms with van der Waals surface area (Å²) in [5.41, 5.74) is 1.14. The number of ether oxygens (including phenoxy) is 1. The summed E-state index contributed by atoms with van der Waals surface area (Å²) in [7, 11) is 0. The van der Waals surface area contributed by atoms with E-state index >= 15 is 0 Å². The van der Waals surface area contributed by atoms with Gasteiger partial charge in [-0.05, 0) is 53.5 Å². The highest BCUT2D eigenvalue weighted by atomic mass is 79.9. The summed E-state index contributed by atoms with van der Waals surface area (Å²) in [6, 6.07) is 5.82. The fourth-order valence-electron chi connectivity index (χ4n) is 1.79. The Kier molecular flexibility index (Phi) is 4.04. The smallest absolute Gasteiger partial charge is 0.341 e. The molecule has 1 heterocycles. The van der Waals surface area contributed by atoms with E-state index in [1.807, 2.05) is 0 Å². The molecule has 0 radical (unpaired) electrons. The number of rotatable bonds is 3. The maximum atomic E-state index is 13.4. The van der Waals surface area contributed by atoms with E-state index in [1.54, 1.807) is 19.9 Å². The van der Waals surface area contributed by atoms with E-state index in [9.17, 15) is 14.3 Å². The van der Waals surface area contributed by atoms with Crippen LogP contribution in [0.1, 0.15) is 21.6 Å². The second-order valence-electron chi connectivity index (χ2n) is 4.24. The van der Waals surface area contributed by atoms with Gasteiger partial charge in [-0.15, -0.1) is 0 Å². The third kappa shape index (κ3) is 2.96. The number of aromatic nitrogens is 1. The summed E-state index contributed by atoms with van der Waals surface area (Å²) in [5.74, 6) is -1.49. The molecule has 1 N–H and O–H groups in total. The van der Waals surface area contributed by atoms with Crippen LogP contribution in [-0.2, 0) is 0 Å². The van der Waals surface area contributed by atoms with E-state index in [0.29, 0.717) is 15.7 Å². The van der Waals surface area contributed by atoms with Crippen molar-refractivity contribution in [1.82, 2.24) is 4.98 Å². The van der Waals surface area contributed by atoms with Gasteiger partial charge in [0, 0.05) is 11.8 Å². The van der Waals surface area contributed by atoms with Crippen LogP contribution in [0.15, 0.2) is 28.7 Å². The van der Waals surface area contributed by atoms with Gasteiger partial charge in [0.2, 0.25) is 5.88 Å². The number of benzene rings is 1. The molecule has 0 bridgehead atoms. The SMILES string of the molecule is Cc1cc(C)c(C(=O)O)c(Oc2ccc(Br)c(F)c2)n1. The molecule has 4 nitrogen and oxygen atoms in total. The van der Waals surface area contributed by atoms with Gasteiger partial charge < -0.3 is 9.84 Å². The molecule has 0 aliphatic carbocycles. The first-order chi connectivity index (χ1) is 9.38. The predicted molar refractivity (Wildman–Crippen MR) is 74.8 cm³/mol. The van der Waals surface area contributed by atoms with Crippen molar-refractivity contribution in [2.75, 3.05) is 0 Å². The maximum Gasteiger partial charge on any atom is 0.341 e. The molecule has 0 atom stereocenters. The summed E-state index contributed by atoms with van der Waals surface area (Å²) in [6.07, 6.45) is 0. The van der Waals surface area contributed by atoms with Crippen molar-refractivity contribution >= 4 is 21.9 Å². The monoisotopic (exact) mass is 339 g/mol. The van der Waals surface area contributed by atoms with Gasteiger partial charge in [0.05, 0.1) is 4.47 Å². The number of aromatic carboxylic acids is 1. The standard InChI is InChI=1S/C14H11BrFNO3/c1-7-5-8(2)17-13(12(7)14(18)19)20-9-3-4-10(15)11(16)6-9/h3-6H,1-2H3,(H,18,19). The molecule has 2 rings (SSSR count). The molecular formula is C14H11BrFNO3. The highest BCUT2D eigenvalue weighted by Gasteiger charge is 2.18. The molecule has 0 spiro atoms. The van der Waals surface area contributed by atoms with E-state index in [4.69, 9.17) is 4.74 Å². The van der Waals surface area contributed by atoms with Crippen LogP contribution in [0.25, 0.3) is 0 Å². The van der Waals surface area contributed by atoms with Crippen LogP contribution in [0.2, 0.25) is 0 Å². The largest absolute Gasteiger partial charge is 0.477 e. The lowest BCUT2D eigenvalue weighted by molar-refractivity contribution is 0.0692. The highest BCUT2D eigenvalue weighted by Crippen LogP contribution is 2.28. The van der Waals surface area contributed by atoms with Crippen LogP contribution in [0.3, 0.4) is 0 Å². The van der Waals surface area contributed by atoms with Crippen molar-refractivity contribution in [2.24, 2.45) is 0 Å². The Balaban J connectivity index is 2.47. The summed E-state index contributed by atoms with van der Waals surface area (Å²) in [5, 5.41) is 9.21. The third-order valence-corrected chi connectivity index (χ3v) is 3.27. The number of carboxylic acid groups (broad SMARTS) is 1. The van der Waals surface area contributed by atoms with Gasteiger partial charge >= 0.3 is 5.97 Å². The van der Waals surface area contributed by atoms with Gasteiger partial charge in [0.1, 0.15) is 17.1 Å². The molecule has 1 aromatic heterocycles. The van der Waals surface area contributed by atoms with Crippen molar-refractivity contribution in [3.63, 3.8) is 0 Å². The van der Waals surface area contributed by atoms with Crippen LogP contribution < -0.4 is 4.74 Å². The van der Waals surface area contributed by atoms with Gasteiger partial charge in [0.25, 0.3) is 0 Å². The lowest BCUT2D eigenvalue weighted by atomic mass is 10.1. The van der Waals surface area contributed by atoms with Crippen LogP contribution in [-0.4, -0.2) is 16.1 Å². The number of nitrogens with zero attached hydrogens (tertiary/aromatic N) is 1. The van der Waals surface area contributed by atoms with Gasteiger partial charge in [0.15, 0.2) is 0 Å². The fraction of sp³-hybridized carbons (Fsp3) is 0.143. The zero-order valence-corrected chi connectivity index (χ0v) is 12.4. The third-order valence-electron chi connectivity index (χ3n) is 2.63. The fourth-order valence-corrected chi connectivity index (χ4v) is 2.04. The Hall–Kier alpha value is -1.95. The second kappa shape index (κ2) is 5.58. The lowest BCUT2D eigenvalue weighted by Gasteiger charge is -2.11. The average molecular weight is 340 g/mol. The first-order valence-electron chi connectivity index (χ1n) is 5.73. The molecule has 0 saturated heterocycles. The minimum absolute atomic E-state index is 0.0288. The maximum absolute atomic E-state index is 13.4. The summed E-state index contributed by atoms with van der Waals surface area (Å²) < 4.78 is 19.2. The molecule has 0 fully saturated rings. The number of aryl methyl sites for hydroxylation is 2. The van der Waals surface area contributed by atoms with Crippen molar-refractivity contribution in [2.45, 2.75) is 13.8 Å². The first-order valence-corrected chi connectivity index (χ1v) is 6.52. The Morgan fingerprint density at radius 1 is 1.35 bits per heavy atom. The number of carboxylic acids is 1. The Labute approximate surface area is 123 Å². The summed E-state index contributed by atoms with van der Waals surface area (Å²) >= 11 is 3.04. The van der Waals surface area contributed by atoms with Gasteiger partial charge in [-0.25, -0.2) is 14.2 Å². The molecule has 0 aliphatic rings. The Bertz CT molecular complexity index is 688. The minimum atomic E-state index is -1.14. The van der Waals surface area contributed by atoms with Gasteiger partial charge in [-0.3, -0.25) is 0 Å². The van der Waals surface area contributed by atoms with Crippen molar-refractivity contribution in [3.8, 4) is 11.6 Å². The van der Waals surface area contributed by atoms with Crippen molar-refractivity contribution in [1.29, 1.82) is 0 Å². The van der Waals surface area contributed by atoms with Gasteiger partial charge in [-0.2, -0.15) is 0 Å². The molecule has 0 unspecified atom stereocenters. The van der Waals surface area contributed by atoms with Crippen LogP contribution in [0, 0.1) is 19.7 Å². The highest BCUT2D eigenvalue weighted by molar-refractivity contribution is 9.10. The van der Waals surface area contributed by atoms with Gasteiger partial charge in [-0.1, -0.05) is 0 Å². The number of pyridine rings is 1. The van der Waals surface area contributed by atoms with E-state index in [2.05, 4.69) is 20.9 Å².